The van der Waals surface area contributed by atoms with Crippen molar-refractivity contribution in [3.63, 3.8) is 0 Å². The van der Waals surface area contributed by atoms with Crippen molar-refractivity contribution in [1.82, 2.24) is 14.9 Å². The molecule has 0 spiro atoms. The Hall–Kier alpha value is -3.10. The Kier molecular flexibility index (Phi) is 6.85. The van der Waals surface area contributed by atoms with Crippen LogP contribution in [0, 0.1) is 20.8 Å². The van der Waals surface area contributed by atoms with Gasteiger partial charge in [0.25, 0.3) is 5.91 Å². The third kappa shape index (κ3) is 5.12. The molecule has 2 aromatic carbocycles. The summed E-state index contributed by atoms with van der Waals surface area (Å²) in [5, 5.41) is 11.9. The van der Waals surface area contributed by atoms with Gasteiger partial charge in [0.05, 0.1) is 33.0 Å². The summed E-state index contributed by atoms with van der Waals surface area (Å²) in [4.78, 5) is 13.0. The van der Waals surface area contributed by atoms with Gasteiger partial charge < -0.3 is 14.6 Å². The molecule has 0 saturated heterocycles. The number of nitrogens with zero attached hydrogens (tertiary/aromatic N) is 3. The maximum atomic E-state index is 13.0. The van der Waals surface area contributed by atoms with E-state index in [9.17, 15) is 4.79 Å². The average molecular weight is 530 g/mol. The molecule has 0 aliphatic rings. The summed E-state index contributed by atoms with van der Waals surface area (Å²) in [5.41, 5.74) is 4.37. The monoisotopic (exact) mass is 528 g/mol. The van der Waals surface area contributed by atoms with E-state index in [4.69, 9.17) is 20.9 Å². The van der Waals surface area contributed by atoms with Crippen LogP contribution in [0.1, 0.15) is 38.8 Å². The fourth-order valence-electron chi connectivity index (χ4n) is 3.39. The van der Waals surface area contributed by atoms with Gasteiger partial charge in [-0.1, -0.05) is 41.0 Å². The van der Waals surface area contributed by atoms with E-state index in [-0.39, 0.29) is 18.2 Å². The molecule has 4 aromatic rings. The van der Waals surface area contributed by atoms with Crippen LogP contribution in [0.2, 0.25) is 5.02 Å². The zero-order valence-electron chi connectivity index (χ0n) is 18.4. The topological polar surface area (TPSA) is 82.2 Å². The third-order valence-electron chi connectivity index (χ3n) is 5.22. The maximum absolute atomic E-state index is 13.0. The van der Waals surface area contributed by atoms with Gasteiger partial charge in [-0.2, -0.15) is 5.10 Å². The molecule has 2 heterocycles. The maximum Gasteiger partial charge on any atom is 0.278 e. The molecule has 0 unspecified atom stereocenters. The smallest absolute Gasteiger partial charge is 0.278 e. The van der Waals surface area contributed by atoms with Crippen LogP contribution in [0.5, 0.6) is 5.75 Å². The van der Waals surface area contributed by atoms with Crippen molar-refractivity contribution in [2.75, 3.05) is 5.32 Å². The Balaban J connectivity index is 1.48. The van der Waals surface area contributed by atoms with Crippen molar-refractivity contribution in [3.05, 3.63) is 92.0 Å². The van der Waals surface area contributed by atoms with Crippen molar-refractivity contribution >= 4 is 39.1 Å². The molecule has 1 N–H and O–H groups in total. The molecule has 0 aliphatic carbocycles. The van der Waals surface area contributed by atoms with Crippen molar-refractivity contribution in [2.24, 2.45) is 0 Å². The molecule has 170 valence electrons. The minimum Gasteiger partial charge on any atom is -0.487 e. The zero-order valence-corrected chi connectivity index (χ0v) is 20.7. The number of ether oxygens (including phenoxy) is 1. The van der Waals surface area contributed by atoms with Crippen LogP contribution in [-0.4, -0.2) is 20.8 Å². The lowest BCUT2D eigenvalue weighted by molar-refractivity contribution is 0.101. The number of rotatable bonds is 7. The van der Waals surface area contributed by atoms with Crippen LogP contribution in [-0.2, 0) is 13.2 Å². The molecular weight excluding hydrogens is 508 g/mol. The fraction of sp³-hybridized carbons (Fsp3) is 0.208. The van der Waals surface area contributed by atoms with Gasteiger partial charge in [-0.05, 0) is 66.5 Å². The molecule has 1 amide bonds. The number of aryl methyl sites for hydroxylation is 2. The number of para-hydroxylation sites is 1. The molecule has 0 atom stereocenters. The Morgan fingerprint density at radius 1 is 1.18 bits per heavy atom. The molecule has 0 aliphatic heterocycles. The molecule has 0 fully saturated rings. The van der Waals surface area contributed by atoms with E-state index in [1.807, 2.05) is 54.9 Å². The van der Waals surface area contributed by atoms with Crippen LogP contribution in [0.3, 0.4) is 0 Å². The van der Waals surface area contributed by atoms with E-state index < -0.39 is 0 Å². The number of anilines is 1. The van der Waals surface area contributed by atoms with Crippen molar-refractivity contribution < 1.29 is 14.1 Å². The van der Waals surface area contributed by atoms with Gasteiger partial charge in [0.15, 0.2) is 5.69 Å². The van der Waals surface area contributed by atoms with Gasteiger partial charge in [-0.3, -0.25) is 9.48 Å². The second-order valence-electron chi connectivity index (χ2n) is 7.58. The van der Waals surface area contributed by atoms with Crippen LogP contribution < -0.4 is 10.1 Å². The highest BCUT2D eigenvalue weighted by Crippen LogP contribution is 2.26. The number of halogens is 2. The second kappa shape index (κ2) is 9.80. The van der Waals surface area contributed by atoms with Gasteiger partial charge in [0.2, 0.25) is 0 Å². The molecule has 9 heteroatoms. The van der Waals surface area contributed by atoms with Crippen molar-refractivity contribution in [3.8, 4) is 5.75 Å². The number of aromatic nitrogens is 3. The number of nitrogens with one attached hydrogen (secondary N) is 1. The van der Waals surface area contributed by atoms with Crippen LogP contribution in [0.4, 0.5) is 5.69 Å². The first-order valence-corrected chi connectivity index (χ1v) is 11.4. The van der Waals surface area contributed by atoms with E-state index >= 15 is 0 Å². The summed E-state index contributed by atoms with van der Waals surface area (Å²) in [6.07, 6.45) is 0. The second-order valence-corrected chi connectivity index (χ2v) is 8.78. The van der Waals surface area contributed by atoms with E-state index in [0.29, 0.717) is 34.3 Å². The van der Waals surface area contributed by atoms with Gasteiger partial charge in [-0.15, -0.1) is 0 Å². The number of hydrogen-bond donors (Lipinski definition) is 1. The van der Waals surface area contributed by atoms with E-state index in [0.717, 1.165) is 21.4 Å². The highest BCUT2D eigenvalue weighted by Gasteiger charge is 2.21. The molecule has 33 heavy (non-hydrogen) atoms. The highest BCUT2D eigenvalue weighted by atomic mass is 79.9. The third-order valence-corrected chi connectivity index (χ3v) is 6.68. The molecule has 2 aromatic heterocycles. The van der Waals surface area contributed by atoms with Gasteiger partial charge in [0, 0.05) is 5.69 Å². The Morgan fingerprint density at radius 2 is 1.97 bits per heavy atom. The standard InChI is InChI=1S/C24H22BrClN4O3/c1-14-22(25)15(2)30(28-14)12-17-7-6-8-18(11-17)27-24(31)23-19(16(3)33-29-23)13-32-21-10-5-4-9-20(21)26/h4-11H,12-13H2,1-3H3,(H,27,31). The number of benzene rings is 2. The number of carbonyl (C=O) groups is 1. The van der Waals surface area contributed by atoms with Gasteiger partial charge in [0.1, 0.15) is 18.1 Å². The van der Waals surface area contributed by atoms with Crippen molar-refractivity contribution in [2.45, 2.75) is 33.9 Å². The molecule has 7 nitrogen and oxygen atoms in total. The molecule has 4 rings (SSSR count). The van der Waals surface area contributed by atoms with Crippen LogP contribution in [0.15, 0.2) is 57.5 Å². The number of carbonyl (C=O) groups excluding carboxylic acids is 1. The van der Waals surface area contributed by atoms with Crippen LogP contribution >= 0.6 is 27.5 Å². The highest BCUT2D eigenvalue weighted by molar-refractivity contribution is 9.10. The van der Waals surface area contributed by atoms with Gasteiger partial charge in [-0.25, -0.2) is 0 Å². The van der Waals surface area contributed by atoms with Gasteiger partial charge >= 0.3 is 0 Å². The number of amides is 1. The fourth-order valence-corrected chi connectivity index (χ4v) is 3.87. The summed E-state index contributed by atoms with van der Waals surface area (Å²) in [7, 11) is 0. The first-order chi connectivity index (χ1) is 15.8. The lowest BCUT2D eigenvalue weighted by atomic mass is 10.1. The largest absolute Gasteiger partial charge is 0.487 e. The van der Waals surface area contributed by atoms with Crippen LogP contribution in [0.25, 0.3) is 0 Å². The molecule has 0 bridgehead atoms. The van der Waals surface area contributed by atoms with E-state index in [2.05, 4.69) is 31.5 Å². The minimum atomic E-state index is -0.379. The lowest BCUT2D eigenvalue weighted by Gasteiger charge is -2.10. The SMILES string of the molecule is Cc1nn(Cc2cccc(NC(=O)c3noc(C)c3COc3ccccc3Cl)c2)c(C)c1Br. The normalized spacial score (nSPS) is 10.9. The predicted molar refractivity (Wildman–Crippen MR) is 130 cm³/mol. The molecule has 0 radical (unpaired) electrons. The summed E-state index contributed by atoms with van der Waals surface area (Å²) in [6.45, 7) is 6.39. The minimum absolute atomic E-state index is 0.106. The molecule has 0 saturated carbocycles. The average Bonchev–Trinajstić information content (AvgIpc) is 3.28. The Labute approximate surface area is 204 Å². The predicted octanol–water partition coefficient (Wildman–Crippen LogP) is 6.09. The summed E-state index contributed by atoms with van der Waals surface area (Å²) in [6, 6.07) is 14.8. The van der Waals surface area contributed by atoms with E-state index in [1.165, 1.54) is 0 Å². The first kappa shape index (κ1) is 23.1. The quantitative estimate of drug-likeness (QED) is 0.313. The Bertz CT molecular complexity index is 1320. The zero-order chi connectivity index (χ0) is 23.5. The summed E-state index contributed by atoms with van der Waals surface area (Å²) >= 11 is 9.71. The number of hydrogen-bond acceptors (Lipinski definition) is 5. The Morgan fingerprint density at radius 3 is 2.70 bits per heavy atom. The van der Waals surface area contributed by atoms with Crippen molar-refractivity contribution in [1.29, 1.82) is 0 Å². The first-order valence-electron chi connectivity index (χ1n) is 10.3. The lowest BCUT2D eigenvalue weighted by Crippen LogP contribution is -2.15. The van der Waals surface area contributed by atoms with E-state index in [1.54, 1.807) is 19.1 Å². The molecular formula is C24H22BrClN4O3. The summed E-state index contributed by atoms with van der Waals surface area (Å²) in [5.74, 6) is 0.654. The summed E-state index contributed by atoms with van der Waals surface area (Å²) < 4.78 is 14.0.